The van der Waals surface area contributed by atoms with Gasteiger partial charge < -0.3 is 5.11 Å². The van der Waals surface area contributed by atoms with Crippen LogP contribution in [-0.2, 0) is 0 Å². The van der Waals surface area contributed by atoms with Gasteiger partial charge in [-0.1, -0.05) is 19.1 Å². The Kier molecular flexibility index (Phi) is 2.76. The second-order valence-corrected chi connectivity index (χ2v) is 2.90. The van der Waals surface area contributed by atoms with Crippen molar-refractivity contribution >= 4 is 0 Å². The van der Waals surface area contributed by atoms with Gasteiger partial charge in [-0.2, -0.15) is 0 Å². The molecule has 0 saturated carbocycles. The number of terminal acetylenes is 1. The summed E-state index contributed by atoms with van der Waals surface area (Å²) >= 11 is 0. The van der Waals surface area contributed by atoms with Crippen molar-refractivity contribution in [1.29, 1.82) is 0 Å². The molecule has 1 aromatic rings. The minimum absolute atomic E-state index is 0.298. The summed E-state index contributed by atoms with van der Waals surface area (Å²) in [5, 5.41) is 9.03. The molecule has 1 atom stereocenters. The van der Waals surface area contributed by atoms with Gasteiger partial charge >= 0.3 is 0 Å². The molecular weight excluding hydrogens is 148 g/mol. The lowest BCUT2D eigenvalue weighted by atomic mass is 9.98. The SMILES string of the molecule is C#CCC(C)c1ccc(O)cc1. The van der Waals surface area contributed by atoms with Crippen LogP contribution in [0.5, 0.6) is 5.75 Å². The molecule has 62 valence electrons. The molecule has 0 saturated heterocycles. The molecule has 0 aliphatic heterocycles. The van der Waals surface area contributed by atoms with E-state index in [1.807, 2.05) is 12.1 Å². The van der Waals surface area contributed by atoms with E-state index in [0.717, 1.165) is 6.42 Å². The van der Waals surface area contributed by atoms with E-state index in [-0.39, 0.29) is 0 Å². The quantitative estimate of drug-likeness (QED) is 0.659. The Labute approximate surface area is 73.0 Å². The lowest BCUT2D eigenvalue weighted by molar-refractivity contribution is 0.475. The summed E-state index contributed by atoms with van der Waals surface area (Å²) in [7, 11) is 0. The summed E-state index contributed by atoms with van der Waals surface area (Å²) in [6.45, 7) is 2.08. The van der Waals surface area contributed by atoms with Crippen molar-refractivity contribution in [3.05, 3.63) is 29.8 Å². The monoisotopic (exact) mass is 160 g/mol. The number of phenols is 1. The first-order valence-corrected chi connectivity index (χ1v) is 3.96. The van der Waals surface area contributed by atoms with Crippen LogP contribution in [0.1, 0.15) is 24.8 Å². The Hall–Kier alpha value is -1.42. The average Bonchev–Trinajstić information content (AvgIpc) is 2.06. The van der Waals surface area contributed by atoms with E-state index in [0.29, 0.717) is 11.7 Å². The van der Waals surface area contributed by atoms with E-state index in [9.17, 15) is 0 Å². The van der Waals surface area contributed by atoms with Crippen molar-refractivity contribution < 1.29 is 5.11 Å². The van der Waals surface area contributed by atoms with Crippen LogP contribution in [0.3, 0.4) is 0 Å². The van der Waals surface area contributed by atoms with Crippen LogP contribution in [0, 0.1) is 12.3 Å². The Balaban J connectivity index is 2.76. The first-order chi connectivity index (χ1) is 5.74. The van der Waals surface area contributed by atoms with Crippen LogP contribution < -0.4 is 0 Å². The van der Waals surface area contributed by atoms with Crippen LogP contribution in [0.25, 0.3) is 0 Å². The van der Waals surface area contributed by atoms with E-state index in [2.05, 4.69) is 12.8 Å². The van der Waals surface area contributed by atoms with E-state index >= 15 is 0 Å². The molecule has 0 fully saturated rings. The van der Waals surface area contributed by atoms with Crippen molar-refractivity contribution in [2.75, 3.05) is 0 Å². The predicted molar refractivity (Wildman–Crippen MR) is 50.0 cm³/mol. The van der Waals surface area contributed by atoms with Crippen molar-refractivity contribution in [2.24, 2.45) is 0 Å². The number of hydrogen-bond acceptors (Lipinski definition) is 1. The van der Waals surface area contributed by atoms with E-state index < -0.39 is 0 Å². The van der Waals surface area contributed by atoms with Crippen molar-refractivity contribution in [3.8, 4) is 18.1 Å². The predicted octanol–water partition coefficient (Wildman–Crippen LogP) is 2.52. The summed E-state index contributed by atoms with van der Waals surface area (Å²) in [5.74, 6) is 3.29. The minimum atomic E-state index is 0.298. The molecule has 1 N–H and O–H groups in total. The zero-order valence-electron chi connectivity index (χ0n) is 7.12. The lowest BCUT2D eigenvalue weighted by Gasteiger charge is -2.07. The molecule has 12 heavy (non-hydrogen) atoms. The number of aromatic hydroxyl groups is 1. The highest BCUT2D eigenvalue weighted by molar-refractivity contribution is 5.28. The molecule has 0 aromatic heterocycles. The van der Waals surface area contributed by atoms with Gasteiger partial charge in [0.15, 0.2) is 0 Å². The highest BCUT2D eigenvalue weighted by atomic mass is 16.3. The van der Waals surface area contributed by atoms with Crippen molar-refractivity contribution in [1.82, 2.24) is 0 Å². The van der Waals surface area contributed by atoms with Gasteiger partial charge in [-0.15, -0.1) is 12.3 Å². The molecule has 0 radical (unpaired) electrons. The molecule has 0 heterocycles. The fourth-order valence-corrected chi connectivity index (χ4v) is 1.10. The van der Waals surface area contributed by atoms with Gasteiger partial charge in [0.05, 0.1) is 0 Å². The molecule has 1 heteroatoms. The highest BCUT2D eigenvalue weighted by Crippen LogP contribution is 2.20. The van der Waals surface area contributed by atoms with Crippen molar-refractivity contribution in [2.45, 2.75) is 19.3 Å². The fraction of sp³-hybridized carbons (Fsp3) is 0.273. The molecule has 0 spiro atoms. The summed E-state index contributed by atoms with van der Waals surface area (Å²) in [6.07, 6.45) is 5.94. The Morgan fingerprint density at radius 2 is 2.00 bits per heavy atom. The maximum absolute atomic E-state index is 9.03. The highest BCUT2D eigenvalue weighted by Gasteiger charge is 2.02. The van der Waals surface area contributed by atoms with Gasteiger partial charge in [0.1, 0.15) is 5.75 Å². The van der Waals surface area contributed by atoms with Crippen LogP contribution >= 0.6 is 0 Å². The topological polar surface area (TPSA) is 20.2 Å². The number of phenolic OH excluding ortho intramolecular Hbond substituents is 1. The van der Waals surface area contributed by atoms with Gasteiger partial charge in [-0.05, 0) is 23.6 Å². The molecule has 1 nitrogen and oxygen atoms in total. The minimum Gasteiger partial charge on any atom is -0.508 e. The summed E-state index contributed by atoms with van der Waals surface area (Å²) in [4.78, 5) is 0. The van der Waals surface area contributed by atoms with E-state index in [1.165, 1.54) is 5.56 Å². The van der Waals surface area contributed by atoms with Gasteiger partial charge in [0, 0.05) is 6.42 Å². The van der Waals surface area contributed by atoms with Crippen LogP contribution in [0.4, 0.5) is 0 Å². The largest absolute Gasteiger partial charge is 0.508 e. The number of benzene rings is 1. The van der Waals surface area contributed by atoms with Crippen LogP contribution in [-0.4, -0.2) is 5.11 Å². The average molecular weight is 160 g/mol. The zero-order chi connectivity index (χ0) is 8.97. The molecule has 0 aliphatic carbocycles. The Morgan fingerprint density at radius 1 is 1.42 bits per heavy atom. The zero-order valence-corrected chi connectivity index (χ0v) is 7.12. The van der Waals surface area contributed by atoms with Gasteiger partial charge in [0.25, 0.3) is 0 Å². The molecule has 1 aromatic carbocycles. The standard InChI is InChI=1S/C11H12O/c1-3-4-9(2)10-5-7-11(12)8-6-10/h1,5-9,12H,4H2,2H3. The maximum atomic E-state index is 9.03. The summed E-state index contributed by atoms with van der Waals surface area (Å²) in [5.41, 5.74) is 1.17. The van der Waals surface area contributed by atoms with E-state index in [1.54, 1.807) is 12.1 Å². The van der Waals surface area contributed by atoms with E-state index in [4.69, 9.17) is 11.5 Å². The normalized spacial score (nSPS) is 12.0. The second kappa shape index (κ2) is 3.82. The molecule has 0 bridgehead atoms. The first kappa shape index (κ1) is 8.67. The second-order valence-electron chi connectivity index (χ2n) is 2.90. The maximum Gasteiger partial charge on any atom is 0.115 e. The van der Waals surface area contributed by atoms with Crippen LogP contribution in [0.2, 0.25) is 0 Å². The molecular formula is C11H12O. The molecule has 1 rings (SSSR count). The number of rotatable bonds is 2. The third-order valence-electron chi connectivity index (χ3n) is 1.89. The molecule has 1 unspecified atom stereocenters. The van der Waals surface area contributed by atoms with Crippen LogP contribution in [0.15, 0.2) is 24.3 Å². The Bertz CT molecular complexity index is 279. The van der Waals surface area contributed by atoms with Gasteiger partial charge in [0.2, 0.25) is 0 Å². The lowest BCUT2D eigenvalue weighted by Crippen LogP contribution is -1.90. The summed E-state index contributed by atoms with van der Waals surface area (Å²) in [6, 6.07) is 7.17. The molecule has 0 aliphatic rings. The molecule has 0 amide bonds. The smallest absolute Gasteiger partial charge is 0.115 e. The fourth-order valence-electron chi connectivity index (χ4n) is 1.10. The van der Waals surface area contributed by atoms with Gasteiger partial charge in [-0.25, -0.2) is 0 Å². The first-order valence-electron chi connectivity index (χ1n) is 3.96. The van der Waals surface area contributed by atoms with Crippen molar-refractivity contribution in [3.63, 3.8) is 0 Å². The Morgan fingerprint density at radius 3 is 2.50 bits per heavy atom. The third kappa shape index (κ3) is 2.03. The van der Waals surface area contributed by atoms with Gasteiger partial charge in [-0.3, -0.25) is 0 Å². The number of hydrogen-bond donors (Lipinski definition) is 1. The summed E-state index contributed by atoms with van der Waals surface area (Å²) < 4.78 is 0. The third-order valence-corrected chi connectivity index (χ3v) is 1.89.